The Labute approximate surface area is 316 Å². The highest BCUT2D eigenvalue weighted by atomic mass is 35.5. The molecule has 1 atom stereocenters. The number of carbonyl (C=O) groups excluding carboxylic acids is 5. The van der Waals surface area contributed by atoms with Crippen molar-refractivity contribution in [1.82, 2.24) is 29.8 Å². The Bertz CT molecular complexity index is 2280. The molecule has 3 fully saturated rings. The minimum atomic E-state index is -0.990. The molecule has 3 aromatic carbocycles. The van der Waals surface area contributed by atoms with Crippen molar-refractivity contribution in [3.8, 4) is 17.3 Å². The zero-order valence-corrected chi connectivity index (χ0v) is 30.6. The summed E-state index contributed by atoms with van der Waals surface area (Å²) in [7, 11) is 0. The second kappa shape index (κ2) is 13.9. The van der Waals surface area contributed by atoms with Crippen LogP contribution in [0.25, 0.3) is 11.3 Å². The van der Waals surface area contributed by atoms with Crippen LogP contribution in [0.5, 0.6) is 0 Å². The molecule has 1 aromatic heterocycles. The van der Waals surface area contributed by atoms with Crippen LogP contribution in [-0.2, 0) is 16.1 Å². The molecule has 5 heterocycles. The molecule has 14 heteroatoms. The number of carbonyl (C=O) groups is 5. The molecular weight excluding hydrogens is 708 g/mol. The van der Waals surface area contributed by atoms with Gasteiger partial charge < -0.3 is 9.80 Å². The Morgan fingerprint density at radius 2 is 1.65 bits per heavy atom. The van der Waals surface area contributed by atoms with Crippen molar-refractivity contribution in [2.75, 3.05) is 44.2 Å². The van der Waals surface area contributed by atoms with E-state index >= 15 is 0 Å². The van der Waals surface area contributed by atoms with E-state index in [9.17, 15) is 29.2 Å². The topological polar surface area (TPSA) is 152 Å². The molecule has 0 bridgehead atoms. The molecule has 8 rings (SSSR count). The van der Waals surface area contributed by atoms with Crippen LogP contribution in [0.2, 0.25) is 5.02 Å². The number of hydrogen-bond acceptors (Lipinski definition) is 9. The number of nitrogens with zero attached hydrogens (tertiary/aromatic N) is 7. The van der Waals surface area contributed by atoms with Gasteiger partial charge in [-0.05, 0) is 73.9 Å². The third-order valence-electron chi connectivity index (χ3n) is 11.2. The fourth-order valence-electron chi connectivity index (χ4n) is 7.77. The highest BCUT2D eigenvalue weighted by Crippen LogP contribution is 2.33. The van der Waals surface area contributed by atoms with E-state index in [1.165, 1.54) is 0 Å². The summed E-state index contributed by atoms with van der Waals surface area (Å²) in [6.07, 6.45) is 0.199. The Morgan fingerprint density at radius 1 is 0.926 bits per heavy atom. The fourth-order valence-corrected chi connectivity index (χ4v) is 7.99. The van der Waals surface area contributed by atoms with E-state index in [1.54, 1.807) is 24.3 Å². The Kier molecular flexibility index (Phi) is 9.03. The smallest absolute Gasteiger partial charge is 0.262 e. The number of amides is 5. The molecule has 0 radical (unpaired) electrons. The maximum absolute atomic E-state index is 13.5. The van der Waals surface area contributed by atoms with E-state index in [0.717, 1.165) is 64.8 Å². The van der Waals surface area contributed by atoms with Crippen LogP contribution in [0.15, 0.2) is 60.7 Å². The predicted octanol–water partition coefficient (Wildman–Crippen LogP) is 3.79. The molecule has 5 amide bonds. The standard InChI is InChI=1S/C40H37ClN8O5/c1-23-24(2)48(44-36(23)27-7-8-28(19-42)33(41)17-27)20-25-3-5-26(6-4-25)38(52)46-15-13-45(14-16-46)30-21-47(22-30)29-9-10-31-32(18-29)40(54)49(39(31)53)34-11-12-35(50)43-37(34)51/h3-10,17-18,30,34H,11-16,20-22H2,1-2H3,(H,43,50,51). The predicted molar refractivity (Wildman–Crippen MR) is 199 cm³/mol. The molecule has 1 unspecified atom stereocenters. The van der Waals surface area contributed by atoms with Crippen LogP contribution >= 0.6 is 11.6 Å². The number of halogens is 1. The van der Waals surface area contributed by atoms with Crippen molar-refractivity contribution < 1.29 is 24.0 Å². The fraction of sp³-hybridized carbons (Fsp3) is 0.325. The number of fused-ring (bicyclic) bond motifs is 1. The average Bonchev–Trinajstić information content (AvgIpc) is 3.57. The number of anilines is 1. The van der Waals surface area contributed by atoms with E-state index in [2.05, 4.69) is 21.2 Å². The molecule has 4 aliphatic heterocycles. The quantitative estimate of drug-likeness (QED) is 0.279. The number of nitriles is 1. The van der Waals surface area contributed by atoms with Gasteiger partial charge in [-0.2, -0.15) is 10.4 Å². The first-order chi connectivity index (χ1) is 26.0. The average molecular weight is 745 g/mol. The summed E-state index contributed by atoms with van der Waals surface area (Å²) in [6, 6.07) is 19.6. The molecule has 0 aliphatic carbocycles. The molecule has 274 valence electrons. The lowest BCUT2D eigenvalue weighted by atomic mass is 10.0. The van der Waals surface area contributed by atoms with Crippen LogP contribution < -0.4 is 10.2 Å². The molecule has 3 saturated heterocycles. The lowest BCUT2D eigenvalue weighted by molar-refractivity contribution is -0.136. The van der Waals surface area contributed by atoms with Crippen molar-refractivity contribution >= 4 is 46.8 Å². The number of aromatic nitrogens is 2. The molecule has 4 aliphatic rings. The van der Waals surface area contributed by atoms with Gasteiger partial charge in [0.1, 0.15) is 12.1 Å². The van der Waals surface area contributed by atoms with Gasteiger partial charge in [0.25, 0.3) is 17.7 Å². The normalized spacial score (nSPS) is 19.1. The molecule has 1 N–H and O–H groups in total. The summed E-state index contributed by atoms with van der Waals surface area (Å²) in [6.45, 7) is 8.85. The van der Waals surface area contributed by atoms with Gasteiger partial charge in [0.05, 0.1) is 34.0 Å². The summed E-state index contributed by atoms with van der Waals surface area (Å²) in [4.78, 5) is 71.2. The SMILES string of the molecule is Cc1c(-c2ccc(C#N)c(Cl)c2)nn(Cc2ccc(C(=O)N3CCN(C4CN(c5ccc6c(c5)C(=O)N(C5CCC(=O)NC5=O)C6=O)C4)CC3)cc2)c1C. The van der Waals surface area contributed by atoms with Crippen LogP contribution in [0, 0.1) is 25.2 Å². The number of piperidine rings is 1. The number of benzene rings is 3. The van der Waals surface area contributed by atoms with Gasteiger partial charge in [-0.15, -0.1) is 0 Å². The highest BCUT2D eigenvalue weighted by Gasteiger charge is 2.45. The maximum atomic E-state index is 13.5. The monoisotopic (exact) mass is 744 g/mol. The van der Waals surface area contributed by atoms with Gasteiger partial charge in [-0.25, -0.2) is 0 Å². The van der Waals surface area contributed by atoms with Crippen LogP contribution in [-0.4, -0.2) is 105 Å². The van der Waals surface area contributed by atoms with E-state index in [-0.39, 0.29) is 29.9 Å². The van der Waals surface area contributed by atoms with Gasteiger partial charge in [0, 0.05) is 74.2 Å². The van der Waals surface area contributed by atoms with E-state index in [1.807, 2.05) is 59.8 Å². The maximum Gasteiger partial charge on any atom is 0.262 e. The van der Waals surface area contributed by atoms with Crippen molar-refractivity contribution in [1.29, 1.82) is 5.26 Å². The van der Waals surface area contributed by atoms with Crippen molar-refractivity contribution in [3.05, 3.63) is 105 Å². The Balaban J connectivity index is 0.836. The largest absolute Gasteiger partial charge is 0.368 e. The van der Waals surface area contributed by atoms with Crippen molar-refractivity contribution in [3.63, 3.8) is 0 Å². The first-order valence-electron chi connectivity index (χ1n) is 18.0. The van der Waals surface area contributed by atoms with Gasteiger partial charge in [0.15, 0.2) is 0 Å². The number of nitrogens with one attached hydrogen (secondary N) is 1. The molecule has 54 heavy (non-hydrogen) atoms. The third kappa shape index (κ3) is 6.21. The molecule has 13 nitrogen and oxygen atoms in total. The molecule has 0 saturated carbocycles. The summed E-state index contributed by atoms with van der Waals surface area (Å²) in [5, 5.41) is 16.7. The van der Waals surface area contributed by atoms with E-state index < -0.39 is 29.7 Å². The first kappa shape index (κ1) is 35.2. The van der Waals surface area contributed by atoms with Gasteiger partial charge in [-0.1, -0.05) is 29.8 Å². The first-order valence-corrected chi connectivity index (χ1v) is 18.4. The zero-order valence-electron chi connectivity index (χ0n) is 29.8. The summed E-state index contributed by atoms with van der Waals surface area (Å²) in [5.41, 5.74) is 7.20. The number of piperazine rings is 1. The minimum absolute atomic E-state index is 0.00578. The van der Waals surface area contributed by atoms with E-state index in [0.29, 0.717) is 41.8 Å². The molecule has 0 spiro atoms. The second-order valence-corrected chi connectivity index (χ2v) is 14.7. The zero-order chi connectivity index (χ0) is 37.8. The lowest BCUT2D eigenvalue weighted by Crippen LogP contribution is -2.63. The molecular formula is C40H37ClN8O5. The summed E-state index contributed by atoms with van der Waals surface area (Å²) >= 11 is 6.29. The minimum Gasteiger partial charge on any atom is -0.368 e. The second-order valence-electron chi connectivity index (χ2n) is 14.3. The number of rotatable bonds is 7. The lowest BCUT2D eigenvalue weighted by Gasteiger charge is -2.49. The number of imide groups is 2. The van der Waals surface area contributed by atoms with Crippen molar-refractivity contribution in [2.45, 2.75) is 45.3 Å². The Hall–Kier alpha value is -5.84. The van der Waals surface area contributed by atoms with Crippen LogP contribution in [0.3, 0.4) is 0 Å². The number of hydrogen-bond donors (Lipinski definition) is 1. The third-order valence-corrected chi connectivity index (χ3v) is 11.5. The van der Waals surface area contributed by atoms with Crippen LogP contribution in [0.1, 0.15) is 66.3 Å². The summed E-state index contributed by atoms with van der Waals surface area (Å²) < 4.78 is 1.94. The van der Waals surface area contributed by atoms with Gasteiger partial charge in [0.2, 0.25) is 11.8 Å². The summed E-state index contributed by atoms with van der Waals surface area (Å²) in [5.74, 6) is -2.05. The Morgan fingerprint density at radius 3 is 2.33 bits per heavy atom. The highest BCUT2D eigenvalue weighted by molar-refractivity contribution is 6.32. The van der Waals surface area contributed by atoms with E-state index in [4.69, 9.17) is 16.7 Å². The van der Waals surface area contributed by atoms with Gasteiger partial charge in [-0.3, -0.25) is 43.8 Å². The van der Waals surface area contributed by atoms with Gasteiger partial charge >= 0.3 is 0 Å². The molecule has 4 aromatic rings. The van der Waals surface area contributed by atoms with Crippen LogP contribution in [0.4, 0.5) is 5.69 Å². The van der Waals surface area contributed by atoms with Crippen molar-refractivity contribution in [2.24, 2.45) is 0 Å².